The van der Waals surface area contributed by atoms with Gasteiger partial charge in [0.05, 0.1) is 6.61 Å². The highest BCUT2D eigenvalue weighted by Crippen LogP contribution is 2.34. The third kappa shape index (κ3) is 2.38. The lowest BCUT2D eigenvalue weighted by molar-refractivity contribution is -0.145. The van der Waals surface area contributed by atoms with Crippen molar-refractivity contribution in [1.29, 1.82) is 0 Å². The molecule has 0 aliphatic carbocycles. The van der Waals surface area contributed by atoms with E-state index in [9.17, 15) is 4.79 Å². The van der Waals surface area contributed by atoms with E-state index in [1.54, 1.807) is 13.8 Å². The van der Waals surface area contributed by atoms with Gasteiger partial charge in [-0.1, -0.05) is 5.16 Å². The van der Waals surface area contributed by atoms with Gasteiger partial charge in [-0.05, 0) is 33.6 Å². The molecule has 6 nitrogen and oxygen atoms in total. The third-order valence-electron chi connectivity index (χ3n) is 3.14. The van der Waals surface area contributed by atoms with Crippen LogP contribution in [0.3, 0.4) is 0 Å². The van der Waals surface area contributed by atoms with Gasteiger partial charge in [0.2, 0.25) is 11.7 Å². The van der Waals surface area contributed by atoms with Crippen LogP contribution in [-0.2, 0) is 19.9 Å². The van der Waals surface area contributed by atoms with Crippen molar-refractivity contribution < 1.29 is 18.8 Å². The van der Waals surface area contributed by atoms with Crippen LogP contribution in [0.15, 0.2) is 4.52 Å². The molecule has 1 aliphatic heterocycles. The Kier molecular flexibility index (Phi) is 3.65. The summed E-state index contributed by atoms with van der Waals surface area (Å²) in [5.74, 6) is -0.118. The Balaban J connectivity index is 2.12. The predicted molar refractivity (Wildman–Crippen MR) is 61.9 cm³/mol. The smallest absolute Gasteiger partial charge is 0.318 e. The van der Waals surface area contributed by atoms with E-state index in [1.165, 1.54) is 0 Å². The van der Waals surface area contributed by atoms with Crippen molar-refractivity contribution in [3.8, 4) is 0 Å². The van der Waals surface area contributed by atoms with Crippen molar-refractivity contribution in [3.05, 3.63) is 11.7 Å². The van der Waals surface area contributed by atoms with Gasteiger partial charge in [0, 0.05) is 6.61 Å². The number of ether oxygens (including phenoxy) is 2. The Morgan fingerprint density at radius 2 is 2.39 bits per heavy atom. The van der Waals surface area contributed by atoms with E-state index in [-0.39, 0.29) is 11.9 Å². The van der Waals surface area contributed by atoms with E-state index < -0.39 is 11.5 Å². The van der Waals surface area contributed by atoms with Gasteiger partial charge < -0.3 is 14.0 Å². The minimum atomic E-state index is -0.545. The third-order valence-corrected chi connectivity index (χ3v) is 3.14. The first kappa shape index (κ1) is 13.0. The fraction of sp³-hybridized carbons (Fsp3) is 0.750. The molecule has 0 radical (unpaired) electrons. The normalized spacial score (nSPS) is 25.1. The minimum Gasteiger partial charge on any atom is -0.465 e. The molecule has 18 heavy (non-hydrogen) atoms. The molecular formula is C12H18N2O4. The molecule has 1 fully saturated rings. The van der Waals surface area contributed by atoms with Crippen molar-refractivity contribution >= 4 is 5.97 Å². The first-order chi connectivity index (χ1) is 8.57. The number of esters is 1. The van der Waals surface area contributed by atoms with Crippen LogP contribution in [0.25, 0.3) is 0 Å². The molecule has 0 amide bonds. The lowest BCUT2D eigenvalue weighted by Gasteiger charge is -2.17. The first-order valence-corrected chi connectivity index (χ1v) is 6.21. The summed E-state index contributed by atoms with van der Waals surface area (Å²) >= 11 is 0. The number of hydrogen-bond acceptors (Lipinski definition) is 6. The van der Waals surface area contributed by atoms with Gasteiger partial charge in [-0.15, -0.1) is 0 Å². The van der Waals surface area contributed by atoms with E-state index in [0.717, 1.165) is 12.8 Å². The summed E-state index contributed by atoms with van der Waals surface area (Å²) < 4.78 is 15.7. The summed E-state index contributed by atoms with van der Waals surface area (Å²) in [5.41, 5.74) is -0.490. The Bertz CT molecular complexity index is 423. The molecule has 0 N–H and O–H groups in total. The van der Waals surface area contributed by atoms with Gasteiger partial charge in [0.1, 0.15) is 11.5 Å². The molecule has 1 aliphatic rings. The largest absolute Gasteiger partial charge is 0.465 e. The Morgan fingerprint density at radius 3 is 3.00 bits per heavy atom. The molecule has 0 saturated carbocycles. The van der Waals surface area contributed by atoms with Crippen LogP contribution in [0.5, 0.6) is 0 Å². The Labute approximate surface area is 106 Å². The van der Waals surface area contributed by atoms with Crippen LogP contribution < -0.4 is 0 Å². The van der Waals surface area contributed by atoms with Crippen molar-refractivity contribution in [3.63, 3.8) is 0 Å². The van der Waals surface area contributed by atoms with Gasteiger partial charge in [0.15, 0.2) is 0 Å². The summed E-state index contributed by atoms with van der Waals surface area (Å²) in [7, 11) is 0. The maximum absolute atomic E-state index is 11.6. The first-order valence-electron chi connectivity index (χ1n) is 6.21. The Morgan fingerprint density at radius 1 is 1.61 bits per heavy atom. The van der Waals surface area contributed by atoms with Crippen LogP contribution in [0, 0.1) is 0 Å². The summed E-state index contributed by atoms with van der Waals surface area (Å²) in [6, 6.07) is 0. The highest BCUT2D eigenvalue weighted by atomic mass is 16.5. The van der Waals surface area contributed by atoms with Gasteiger partial charge in [0.25, 0.3) is 0 Å². The monoisotopic (exact) mass is 254 g/mol. The second-order valence-corrected chi connectivity index (χ2v) is 4.61. The van der Waals surface area contributed by atoms with Gasteiger partial charge >= 0.3 is 5.97 Å². The van der Waals surface area contributed by atoms with Gasteiger partial charge in [-0.2, -0.15) is 4.98 Å². The van der Waals surface area contributed by atoms with E-state index in [2.05, 4.69) is 10.1 Å². The number of nitrogens with zero attached hydrogens (tertiary/aromatic N) is 2. The zero-order valence-corrected chi connectivity index (χ0v) is 10.9. The van der Waals surface area contributed by atoms with Crippen LogP contribution in [-0.4, -0.2) is 29.3 Å². The molecule has 0 aromatic carbocycles. The van der Waals surface area contributed by atoms with E-state index in [0.29, 0.717) is 19.0 Å². The number of carbonyl (C=O) groups is 1. The average Bonchev–Trinajstić information content (AvgIpc) is 2.97. The second kappa shape index (κ2) is 5.06. The molecule has 1 aromatic rings. The van der Waals surface area contributed by atoms with Crippen molar-refractivity contribution in [2.45, 2.75) is 45.1 Å². The van der Waals surface area contributed by atoms with Crippen LogP contribution in [0.2, 0.25) is 0 Å². The zero-order valence-electron chi connectivity index (χ0n) is 10.9. The topological polar surface area (TPSA) is 74.5 Å². The summed E-state index contributed by atoms with van der Waals surface area (Å²) in [5, 5.41) is 3.91. The van der Waals surface area contributed by atoms with Gasteiger partial charge in [-0.25, -0.2) is 0 Å². The summed E-state index contributed by atoms with van der Waals surface area (Å²) in [6.07, 6.45) is 1.84. The highest BCUT2D eigenvalue weighted by molar-refractivity contribution is 5.76. The average molecular weight is 254 g/mol. The van der Waals surface area contributed by atoms with Gasteiger partial charge in [-0.3, -0.25) is 4.79 Å². The molecule has 2 atom stereocenters. The lowest BCUT2D eigenvalue weighted by Crippen LogP contribution is -2.22. The van der Waals surface area contributed by atoms with Crippen LogP contribution in [0.4, 0.5) is 0 Å². The quantitative estimate of drug-likeness (QED) is 0.762. The molecule has 0 spiro atoms. The molecule has 100 valence electrons. The summed E-state index contributed by atoms with van der Waals surface area (Å²) in [4.78, 5) is 15.8. The number of carbonyl (C=O) groups excluding carboxylic acids is 1. The fourth-order valence-electron chi connectivity index (χ4n) is 1.95. The zero-order chi connectivity index (χ0) is 13.2. The van der Waals surface area contributed by atoms with Crippen LogP contribution in [0.1, 0.15) is 51.2 Å². The number of hydrogen-bond donors (Lipinski definition) is 0. The maximum atomic E-state index is 11.6. The van der Waals surface area contributed by atoms with Crippen LogP contribution >= 0.6 is 0 Å². The molecular weight excluding hydrogens is 236 g/mol. The molecule has 1 aromatic heterocycles. The molecule has 6 heteroatoms. The van der Waals surface area contributed by atoms with E-state index in [1.807, 2.05) is 6.92 Å². The predicted octanol–water partition coefficient (Wildman–Crippen LogP) is 1.76. The minimum absolute atomic E-state index is 0.278. The molecule has 1 saturated heterocycles. The molecule has 2 rings (SSSR count). The standard InChI is InChI=1S/C12H18N2O4/c1-4-16-10(15)8(2)9-13-11(14-18-9)12(3)6-5-7-17-12/h8H,4-7H2,1-3H3. The van der Waals surface area contributed by atoms with E-state index in [4.69, 9.17) is 14.0 Å². The van der Waals surface area contributed by atoms with Crippen molar-refractivity contribution in [2.75, 3.05) is 13.2 Å². The summed E-state index contributed by atoms with van der Waals surface area (Å²) in [6.45, 7) is 6.42. The highest BCUT2D eigenvalue weighted by Gasteiger charge is 2.37. The van der Waals surface area contributed by atoms with E-state index >= 15 is 0 Å². The SMILES string of the molecule is CCOC(=O)C(C)c1nc(C2(C)CCCO2)no1. The number of aromatic nitrogens is 2. The molecule has 2 heterocycles. The maximum Gasteiger partial charge on any atom is 0.318 e. The van der Waals surface area contributed by atoms with Crippen molar-refractivity contribution in [1.82, 2.24) is 10.1 Å². The second-order valence-electron chi connectivity index (χ2n) is 4.61. The lowest BCUT2D eigenvalue weighted by atomic mass is 10.0. The molecule has 2 unspecified atom stereocenters. The number of rotatable bonds is 4. The Hall–Kier alpha value is -1.43. The fourth-order valence-corrected chi connectivity index (χ4v) is 1.95. The molecule has 0 bridgehead atoms. The van der Waals surface area contributed by atoms with Crippen molar-refractivity contribution in [2.24, 2.45) is 0 Å².